The summed E-state index contributed by atoms with van der Waals surface area (Å²) in [5.41, 5.74) is 2.31. The molecule has 5 heteroatoms. The summed E-state index contributed by atoms with van der Waals surface area (Å²) < 4.78 is 0.756. The topological polar surface area (TPSA) is 49.3 Å². The summed E-state index contributed by atoms with van der Waals surface area (Å²) in [7, 11) is 0. The lowest BCUT2D eigenvalue weighted by Gasteiger charge is -2.08. The van der Waals surface area contributed by atoms with Crippen LogP contribution in [0.4, 0.5) is 5.69 Å². The van der Waals surface area contributed by atoms with Crippen molar-refractivity contribution in [2.45, 2.75) is 12.8 Å². The van der Waals surface area contributed by atoms with E-state index in [0.29, 0.717) is 17.0 Å². The Labute approximate surface area is 137 Å². The summed E-state index contributed by atoms with van der Waals surface area (Å²) >= 11 is 9.29. The maximum Gasteiger partial charge on any atom is 0.255 e. The van der Waals surface area contributed by atoms with Gasteiger partial charge in [0.1, 0.15) is 0 Å². The fourth-order valence-electron chi connectivity index (χ4n) is 1.93. The molecule has 2 aromatic carbocycles. The molecule has 2 rings (SSSR count). The van der Waals surface area contributed by atoms with Gasteiger partial charge >= 0.3 is 0 Å². The molecule has 0 aliphatic carbocycles. The fourth-order valence-corrected chi connectivity index (χ4v) is 2.36. The third kappa shape index (κ3) is 4.56. The van der Waals surface area contributed by atoms with E-state index in [2.05, 4.69) is 21.2 Å². The lowest BCUT2D eigenvalue weighted by molar-refractivity contribution is 0.102. The molecule has 0 fully saturated rings. The van der Waals surface area contributed by atoms with E-state index in [-0.39, 0.29) is 12.5 Å². The number of rotatable bonds is 5. The average molecular weight is 369 g/mol. The first-order valence-electron chi connectivity index (χ1n) is 6.56. The van der Waals surface area contributed by atoms with Gasteiger partial charge in [-0.15, -0.1) is 0 Å². The minimum absolute atomic E-state index is 0.161. The quantitative estimate of drug-likeness (QED) is 0.827. The molecule has 1 amide bonds. The lowest BCUT2D eigenvalue weighted by Crippen LogP contribution is -2.12. The number of hydrogen-bond acceptors (Lipinski definition) is 2. The Hall–Kier alpha value is -1.36. The molecule has 0 aromatic heterocycles. The second-order valence-corrected chi connectivity index (χ2v) is 5.87. The smallest absolute Gasteiger partial charge is 0.255 e. The van der Waals surface area contributed by atoms with Crippen molar-refractivity contribution in [1.82, 2.24) is 0 Å². The van der Waals surface area contributed by atoms with Crippen LogP contribution in [0.3, 0.4) is 0 Å². The van der Waals surface area contributed by atoms with Crippen LogP contribution in [0.1, 0.15) is 22.3 Å². The molecule has 0 heterocycles. The Morgan fingerprint density at radius 3 is 2.76 bits per heavy atom. The maximum atomic E-state index is 12.2. The molecule has 110 valence electrons. The van der Waals surface area contributed by atoms with Crippen molar-refractivity contribution in [1.29, 1.82) is 0 Å². The van der Waals surface area contributed by atoms with Crippen molar-refractivity contribution < 1.29 is 9.90 Å². The van der Waals surface area contributed by atoms with Crippen molar-refractivity contribution in [2.75, 3.05) is 11.9 Å². The second kappa shape index (κ2) is 7.59. The van der Waals surface area contributed by atoms with Crippen LogP contribution in [0, 0.1) is 0 Å². The van der Waals surface area contributed by atoms with Crippen molar-refractivity contribution in [3.63, 3.8) is 0 Å². The highest BCUT2D eigenvalue weighted by Crippen LogP contribution is 2.23. The van der Waals surface area contributed by atoms with Crippen LogP contribution in [-0.2, 0) is 6.42 Å². The van der Waals surface area contributed by atoms with E-state index in [1.165, 1.54) is 0 Å². The highest BCUT2D eigenvalue weighted by molar-refractivity contribution is 9.10. The van der Waals surface area contributed by atoms with Crippen molar-refractivity contribution >= 4 is 39.1 Å². The van der Waals surface area contributed by atoms with Crippen molar-refractivity contribution in [3.8, 4) is 0 Å². The number of carbonyl (C=O) groups excluding carboxylic acids is 1. The molecule has 2 N–H and O–H groups in total. The zero-order valence-electron chi connectivity index (χ0n) is 11.3. The summed E-state index contributed by atoms with van der Waals surface area (Å²) in [5.74, 6) is -0.205. The van der Waals surface area contributed by atoms with Gasteiger partial charge in [-0.3, -0.25) is 4.79 Å². The van der Waals surface area contributed by atoms with Crippen LogP contribution in [0.2, 0.25) is 5.02 Å². The van der Waals surface area contributed by atoms with E-state index in [4.69, 9.17) is 16.7 Å². The predicted molar refractivity (Wildman–Crippen MR) is 89.0 cm³/mol. The summed E-state index contributed by atoms with van der Waals surface area (Å²) in [6.07, 6.45) is 1.49. The van der Waals surface area contributed by atoms with Crippen molar-refractivity contribution in [2.24, 2.45) is 0 Å². The van der Waals surface area contributed by atoms with Crippen LogP contribution in [0.5, 0.6) is 0 Å². The Kier molecular flexibility index (Phi) is 5.79. The van der Waals surface area contributed by atoms with Crippen LogP contribution in [0.25, 0.3) is 0 Å². The standard InChI is InChI=1S/C16H15BrClNO2/c17-14-7-6-12(10-15(14)18)16(21)19-13-5-1-3-11(9-13)4-2-8-20/h1,3,5-7,9-10,20H,2,4,8H2,(H,19,21). The highest BCUT2D eigenvalue weighted by Gasteiger charge is 2.08. The molecule has 0 saturated carbocycles. The number of halogens is 2. The third-order valence-corrected chi connectivity index (χ3v) is 4.22. The molecule has 3 nitrogen and oxygen atoms in total. The molecule has 0 radical (unpaired) electrons. The zero-order chi connectivity index (χ0) is 15.2. The summed E-state index contributed by atoms with van der Waals surface area (Å²) in [5, 5.41) is 12.2. The van der Waals surface area contributed by atoms with Gasteiger partial charge in [-0.25, -0.2) is 0 Å². The number of aliphatic hydroxyl groups excluding tert-OH is 1. The highest BCUT2D eigenvalue weighted by atomic mass is 79.9. The molecular weight excluding hydrogens is 354 g/mol. The Morgan fingerprint density at radius 2 is 2.05 bits per heavy atom. The number of anilines is 1. The number of aryl methyl sites for hydroxylation is 1. The number of amides is 1. The second-order valence-electron chi connectivity index (χ2n) is 4.61. The predicted octanol–water partition coefficient (Wildman–Crippen LogP) is 4.28. The molecule has 0 aliphatic rings. The van der Waals surface area contributed by atoms with Gasteiger partial charge in [0.15, 0.2) is 0 Å². The third-order valence-electron chi connectivity index (χ3n) is 2.99. The summed E-state index contributed by atoms with van der Waals surface area (Å²) in [4.78, 5) is 12.2. The van der Waals surface area contributed by atoms with Crippen LogP contribution in [-0.4, -0.2) is 17.6 Å². The fraction of sp³-hybridized carbons (Fsp3) is 0.188. The Bertz CT molecular complexity index is 646. The molecule has 0 atom stereocenters. The molecule has 0 aliphatic heterocycles. The van der Waals surface area contributed by atoms with Gasteiger partial charge in [-0.1, -0.05) is 23.7 Å². The SMILES string of the molecule is O=C(Nc1cccc(CCCO)c1)c1ccc(Br)c(Cl)c1. The molecule has 0 saturated heterocycles. The number of benzene rings is 2. The largest absolute Gasteiger partial charge is 0.396 e. The molecule has 0 bridgehead atoms. The normalized spacial score (nSPS) is 10.4. The Morgan fingerprint density at radius 1 is 1.24 bits per heavy atom. The van der Waals surface area contributed by atoms with Gasteiger partial charge in [0.05, 0.1) is 5.02 Å². The number of nitrogens with one attached hydrogen (secondary N) is 1. The Balaban J connectivity index is 2.10. The van der Waals surface area contributed by atoms with Crippen LogP contribution >= 0.6 is 27.5 Å². The molecule has 21 heavy (non-hydrogen) atoms. The lowest BCUT2D eigenvalue weighted by atomic mass is 10.1. The van der Waals surface area contributed by atoms with Gasteiger partial charge in [0.25, 0.3) is 5.91 Å². The van der Waals surface area contributed by atoms with Gasteiger partial charge in [-0.05, 0) is 64.7 Å². The number of hydrogen-bond donors (Lipinski definition) is 2. The van der Waals surface area contributed by atoms with Crippen LogP contribution in [0.15, 0.2) is 46.9 Å². The average Bonchev–Trinajstić information content (AvgIpc) is 2.48. The van der Waals surface area contributed by atoms with E-state index < -0.39 is 0 Å². The first kappa shape index (κ1) is 16.0. The molecular formula is C16H15BrClNO2. The molecule has 2 aromatic rings. The summed E-state index contributed by atoms with van der Waals surface area (Å²) in [6.45, 7) is 0.161. The van der Waals surface area contributed by atoms with E-state index in [1.807, 2.05) is 24.3 Å². The minimum Gasteiger partial charge on any atom is -0.396 e. The van der Waals surface area contributed by atoms with E-state index >= 15 is 0 Å². The van der Waals surface area contributed by atoms with E-state index in [1.54, 1.807) is 18.2 Å². The van der Waals surface area contributed by atoms with Crippen LogP contribution < -0.4 is 5.32 Å². The first-order chi connectivity index (χ1) is 10.1. The van der Waals surface area contributed by atoms with E-state index in [0.717, 1.165) is 22.1 Å². The summed E-state index contributed by atoms with van der Waals surface area (Å²) in [6, 6.07) is 12.7. The van der Waals surface area contributed by atoms with Gasteiger partial charge in [0.2, 0.25) is 0 Å². The number of aliphatic hydroxyl groups is 1. The van der Waals surface area contributed by atoms with E-state index in [9.17, 15) is 4.79 Å². The zero-order valence-corrected chi connectivity index (χ0v) is 13.6. The van der Waals surface area contributed by atoms with Gasteiger partial charge in [0, 0.05) is 22.3 Å². The number of carbonyl (C=O) groups is 1. The molecule has 0 unspecified atom stereocenters. The van der Waals surface area contributed by atoms with Gasteiger partial charge < -0.3 is 10.4 Å². The first-order valence-corrected chi connectivity index (χ1v) is 7.73. The minimum atomic E-state index is -0.205. The van der Waals surface area contributed by atoms with Crippen molar-refractivity contribution in [3.05, 3.63) is 63.1 Å². The van der Waals surface area contributed by atoms with Gasteiger partial charge in [-0.2, -0.15) is 0 Å². The monoisotopic (exact) mass is 367 g/mol. The maximum absolute atomic E-state index is 12.2. The molecule has 0 spiro atoms.